The van der Waals surface area contributed by atoms with Crippen LogP contribution in [0.4, 0.5) is 11.6 Å². The second-order valence-corrected chi connectivity index (χ2v) is 4.68. The quantitative estimate of drug-likeness (QED) is 0.463. The summed E-state index contributed by atoms with van der Waals surface area (Å²) in [6.45, 7) is 7.61. The summed E-state index contributed by atoms with van der Waals surface area (Å²) in [5.74, 6) is 7.37. The molecule has 0 aliphatic carbocycles. The summed E-state index contributed by atoms with van der Waals surface area (Å²) in [5.41, 5.74) is 3.34. The molecule has 1 atom stereocenters. The number of hydrazine groups is 1. The molecule has 0 fully saturated rings. The number of amides is 1. The van der Waals surface area contributed by atoms with Crippen molar-refractivity contribution in [2.24, 2.45) is 5.84 Å². The van der Waals surface area contributed by atoms with Crippen LogP contribution in [0.3, 0.4) is 0 Å². The van der Waals surface area contributed by atoms with E-state index >= 15 is 0 Å². The van der Waals surface area contributed by atoms with Gasteiger partial charge in [-0.2, -0.15) is 0 Å². The lowest BCUT2D eigenvalue weighted by atomic mass is 10.2. The van der Waals surface area contributed by atoms with Gasteiger partial charge in [-0.15, -0.1) is 0 Å². The third-order valence-electron chi connectivity index (χ3n) is 2.81. The zero-order valence-electron chi connectivity index (χ0n) is 12.0. The molecule has 0 aromatic carbocycles. The minimum absolute atomic E-state index is 0.105. The van der Waals surface area contributed by atoms with E-state index in [1.165, 1.54) is 0 Å². The fourth-order valence-electron chi connectivity index (χ4n) is 1.56. The van der Waals surface area contributed by atoms with Gasteiger partial charge in [0.2, 0.25) is 5.91 Å². The van der Waals surface area contributed by atoms with E-state index in [0.717, 1.165) is 5.56 Å². The maximum atomic E-state index is 11.5. The molecule has 7 nitrogen and oxygen atoms in total. The normalized spacial score (nSPS) is 12.2. The van der Waals surface area contributed by atoms with Crippen molar-refractivity contribution in [2.45, 2.75) is 39.7 Å². The Labute approximate surface area is 113 Å². The highest BCUT2D eigenvalue weighted by Gasteiger charge is 2.17. The Morgan fingerprint density at radius 3 is 2.26 bits per heavy atom. The molecule has 1 heterocycles. The Hall–Kier alpha value is -1.89. The first kappa shape index (κ1) is 15.2. The van der Waals surface area contributed by atoms with Crippen molar-refractivity contribution in [1.29, 1.82) is 0 Å². The molecule has 106 valence electrons. The van der Waals surface area contributed by atoms with Crippen LogP contribution in [0.2, 0.25) is 0 Å². The van der Waals surface area contributed by atoms with Gasteiger partial charge >= 0.3 is 0 Å². The van der Waals surface area contributed by atoms with Gasteiger partial charge in [-0.25, -0.2) is 15.8 Å². The number of hydrogen-bond acceptors (Lipinski definition) is 6. The molecule has 0 aliphatic heterocycles. The number of hydrogen-bond donors (Lipinski definition) is 4. The van der Waals surface area contributed by atoms with E-state index in [1.54, 1.807) is 14.0 Å². The smallest absolute Gasteiger partial charge is 0.241 e. The average molecular weight is 266 g/mol. The van der Waals surface area contributed by atoms with Crippen LogP contribution in [0.5, 0.6) is 0 Å². The number of nitrogen functional groups attached to an aromatic ring is 1. The lowest BCUT2D eigenvalue weighted by Crippen LogP contribution is -2.36. The molecule has 1 unspecified atom stereocenters. The van der Waals surface area contributed by atoms with Gasteiger partial charge < -0.3 is 16.1 Å². The summed E-state index contributed by atoms with van der Waals surface area (Å²) < 4.78 is 0. The van der Waals surface area contributed by atoms with Crippen LogP contribution in [-0.4, -0.2) is 29.0 Å². The highest BCUT2D eigenvalue weighted by atomic mass is 16.2. The standard InChI is InChI=1S/C12H22N6O/c1-6(2)9-16-10(7(3)11(17-9)18-13)15-8(4)12(19)14-5/h6,8H,13H2,1-5H3,(H,14,19)(H2,15,16,17,18). The molecule has 1 amide bonds. The minimum Gasteiger partial charge on any atom is -0.358 e. The molecular formula is C12H22N6O. The van der Waals surface area contributed by atoms with Crippen molar-refractivity contribution in [2.75, 3.05) is 17.8 Å². The number of carbonyl (C=O) groups is 1. The van der Waals surface area contributed by atoms with Crippen LogP contribution in [-0.2, 0) is 4.79 Å². The van der Waals surface area contributed by atoms with Crippen molar-refractivity contribution in [1.82, 2.24) is 15.3 Å². The molecule has 7 heteroatoms. The van der Waals surface area contributed by atoms with Gasteiger partial charge in [0.15, 0.2) is 0 Å². The molecule has 0 spiro atoms. The lowest BCUT2D eigenvalue weighted by molar-refractivity contribution is -0.121. The third-order valence-corrected chi connectivity index (χ3v) is 2.81. The first-order valence-electron chi connectivity index (χ1n) is 6.24. The lowest BCUT2D eigenvalue weighted by Gasteiger charge is -2.18. The number of nitrogens with zero attached hydrogens (tertiary/aromatic N) is 2. The monoisotopic (exact) mass is 266 g/mol. The summed E-state index contributed by atoms with van der Waals surface area (Å²) in [6, 6.07) is -0.385. The van der Waals surface area contributed by atoms with Crippen LogP contribution in [0.1, 0.15) is 38.1 Å². The number of likely N-dealkylation sites (N-methyl/N-ethyl adjacent to an activating group) is 1. The average Bonchev–Trinajstić information content (AvgIpc) is 2.39. The summed E-state index contributed by atoms with van der Waals surface area (Å²) in [6.07, 6.45) is 0. The molecular weight excluding hydrogens is 244 g/mol. The van der Waals surface area contributed by atoms with Crippen molar-refractivity contribution < 1.29 is 4.79 Å². The molecule has 0 saturated carbocycles. The van der Waals surface area contributed by atoms with Crippen LogP contribution in [0.15, 0.2) is 0 Å². The summed E-state index contributed by atoms with van der Waals surface area (Å²) >= 11 is 0. The van der Waals surface area contributed by atoms with E-state index < -0.39 is 0 Å². The van der Waals surface area contributed by atoms with E-state index in [4.69, 9.17) is 5.84 Å². The predicted molar refractivity (Wildman–Crippen MR) is 75.8 cm³/mol. The Morgan fingerprint density at radius 1 is 1.21 bits per heavy atom. The Morgan fingerprint density at radius 2 is 1.79 bits per heavy atom. The number of anilines is 2. The van der Waals surface area contributed by atoms with E-state index in [0.29, 0.717) is 17.5 Å². The van der Waals surface area contributed by atoms with E-state index in [9.17, 15) is 4.79 Å². The molecule has 0 saturated heterocycles. The zero-order valence-corrected chi connectivity index (χ0v) is 12.0. The Balaban J connectivity index is 3.11. The topological polar surface area (TPSA) is 105 Å². The van der Waals surface area contributed by atoms with Crippen molar-refractivity contribution in [3.63, 3.8) is 0 Å². The molecule has 1 rings (SSSR count). The molecule has 0 aliphatic rings. The third kappa shape index (κ3) is 3.54. The molecule has 19 heavy (non-hydrogen) atoms. The van der Waals surface area contributed by atoms with Crippen LogP contribution >= 0.6 is 0 Å². The molecule has 5 N–H and O–H groups in total. The summed E-state index contributed by atoms with van der Waals surface area (Å²) in [4.78, 5) is 20.3. The second kappa shape index (κ2) is 6.33. The predicted octanol–water partition coefficient (Wildman–Crippen LogP) is 0.740. The number of nitrogens with two attached hydrogens (primary N) is 1. The van der Waals surface area contributed by atoms with Gasteiger partial charge in [-0.3, -0.25) is 4.79 Å². The molecule has 1 aromatic heterocycles. The van der Waals surface area contributed by atoms with Crippen molar-refractivity contribution in [3.8, 4) is 0 Å². The van der Waals surface area contributed by atoms with E-state index in [1.807, 2.05) is 20.8 Å². The number of nitrogens with one attached hydrogen (secondary N) is 3. The van der Waals surface area contributed by atoms with Crippen LogP contribution < -0.4 is 21.9 Å². The largest absolute Gasteiger partial charge is 0.358 e. The molecule has 0 bridgehead atoms. The van der Waals surface area contributed by atoms with Crippen LogP contribution in [0.25, 0.3) is 0 Å². The van der Waals surface area contributed by atoms with Gasteiger partial charge in [0.25, 0.3) is 0 Å². The summed E-state index contributed by atoms with van der Waals surface area (Å²) in [5, 5.41) is 5.66. The first-order valence-corrected chi connectivity index (χ1v) is 6.24. The van der Waals surface area contributed by atoms with Gasteiger partial charge in [0.1, 0.15) is 23.5 Å². The number of rotatable bonds is 5. The Kier molecular flexibility index (Phi) is 5.05. The maximum absolute atomic E-state index is 11.5. The number of aromatic nitrogens is 2. The van der Waals surface area contributed by atoms with E-state index in [-0.39, 0.29) is 17.9 Å². The van der Waals surface area contributed by atoms with Gasteiger partial charge in [-0.1, -0.05) is 13.8 Å². The highest BCUT2D eigenvalue weighted by molar-refractivity contribution is 5.84. The van der Waals surface area contributed by atoms with Crippen LogP contribution in [0, 0.1) is 6.92 Å². The van der Waals surface area contributed by atoms with Gasteiger partial charge in [0.05, 0.1) is 0 Å². The maximum Gasteiger partial charge on any atom is 0.241 e. The highest BCUT2D eigenvalue weighted by Crippen LogP contribution is 2.22. The number of carbonyl (C=O) groups excluding carboxylic acids is 1. The SMILES string of the molecule is CNC(=O)C(C)Nc1nc(C(C)C)nc(NN)c1C. The second-order valence-electron chi connectivity index (χ2n) is 4.68. The molecule has 1 aromatic rings. The first-order chi connectivity index (χ1) is 8.90. The van der Waals surface area contributed by atoms with Crippen molar-refractivity contribution >= 4 is 17.5 Å². The zero-order chi connectivity index (χ0) is 14.6. The van der Waals surface area contributed by atoms with Gasteiger partial charge in [0, 0.05) is 18.5 Å². The Bertz CT molecular complexity index is 460. The fraction of sp³-hybridized carbons (Fsp3) is 0.583. The van der Waals surface area contributed by atoms with Gasteiger partial charge in [-0.05, 0) is 13.8 Å². The fourth-order valence-corrected chi connectivity index (χ4v) is 1.56. The van der Waals surface area contributed by atoms with Crippen molar-refractivity contribution in [3.05, 3.63) is 11.4 Å². The summed E-state index contributed by atoms with van der Waals surface area (Å²) in [7, 11) is 1.60. The minimum atomic E-state index is -0.385. The molecule has 0 radical (unpaired) electrons. The van der Waals surface area contributed by atoms with E-state index in [2.05, 4.69) is 26.0 Å².